The van der Waals surface area contributed by atoms with Crippen molar-refractivity contribution in [2.24, 2.45) is 0 Å². The van der Waals surface area contributed by atoms with Crippen molar-refractivity contribution < 1.29 is 9.59 Å². The van der Waals surface area contributed by atoms with Gasteiger partial charge >= 0.3 is 0 Å². The Morgan fingerprint density at radius 2 is 1.64 bits per heavy atom. The first-order chi connectivity index (χ1) is 15.9. The Balaban J connectivity index is 1.41. The fourth-order valence-electron chi connectivity index (χ4n) is 3.42. The molecular weight excluding hydrogens is 436 g/mol. The lowest BCUT2D eigenvalue weighted by Gasteiger charge is -2.12. The van der Waals surface area contributed by atoms with E-state index in [1.54, 1.807) is 31.2 Å². The van der Waals surface area contributed by atoms with Crippen molar-refractivity contribution in [3.8, 4) is 0 Å². The maximum absolute atomic E-state index is 12.6. The number of carbonyl (C=O) groups is 2. The number of thioether (sulfide) groups is 1. The number of benzene rings is 3. The van der Waals surface area contributed by atoms with Gasteiger partial charge in [0, 0.05) is 24.7 Å². The number of carbonyl (C=O) groups excluding carboxylic acids is 2. The molecule has 0 fully saturated rings. The van der Waals surface area contributed by atoms with E-state index in [0.29, 0.717) is 28.8 Å². The largest absolute Gasteiger partial charge is 0.336 e. The van der Waals surface area contributed by atoms with Crippen LogP contribution in [0.25, 0.3) is 10.8 Å². The van der Waals surface area contributed by atoms with Gasteiger partial charge in [0.15, 0.2) is 5.82 Å². The van der Waals surface area contributed by atoms with Gasteiger partial charge in [-0.3, -0.25) is 9.59 Å². The summed E-state index contributed by atoms with van der Waals surface area (Å²) in [4.78, 5) is 23.8. The molecule has 0 saturated heterocycles. The third-order valence-corrected chi connectivity index (χ3v) is 6.14. The number of rotatable bonds is 7. The fourth-order valence-corrected chi connectivity index (χ4v) is 4.21. The van der Waals surface area contributed by atoms with Crippen molar-refractivity contribution in [3.05, 3.63) is 78.1 Å². The molecule has 33 heavy (non-hydrogen) atoms. The molecule has 9 heteroatoms. The minimum absolute atomic E-state index is 0.150. The van der Waals surface area contributed by atoms with Gasteiger partial charge < -0.3 is 16.5 Å². The van der Waals surface area contributed by atoms with Crippen molar-refractivity contribution in [1.29, 1.82) is 0 Å². The van der Waals surface area contributed by atoms with E-state index in [2.05, 4.69) is 45.1 Å². The lowest BCUT2D eigenvalue weighted by molar-refractivity contribution is -0.115. The van der Waals surface area contributed by atoms with E-state index in [9.17, 15) is 9.59 Å². The summed E-state index contributed by atoms with van der Waals surface area (Å²) < 4.78 is 1.44. The highest BCUT2D eigenvalue weighted by Gasteiger charge is 2.20. The second kappa shape index (κ2) is 9.74. The summed E-state index contributed by atoms with van der Waals surface area (Å²) in [5.74, 6) is 6.54. The zero-order valence-electron chi connectivity index (χ0n) is 18.3. The van der Waals surface area contributed by atoms with Gasteiger partial charge in [0.05, 0.1) is 5.25 Å². The molecule has 0 radical (unpaired) electrons. The molecule has 168 valence electrons. The average molecular weight is 461 g/mol. The van der Waals surface area contributed by atoms with Gasteiger partial charge in [-0.2, -0.15) is 0 Å². The Labute approximate surface area is 195 Å². The van der Waals surface area contributed by atoms with Crippen LogP contribution in [0.4, 0.5) is 11.4 Å². The highest BCUT2D eigenvalue weighted by Crippen LogP contribution is 2.25. The molecule has 0 bridgehead atoms. The van der Waals surface area contributed by atoms with Gasteiger partial charge in [-0.15, -0.1) is 10.2 Å². The van der Waals surface area contributed by atoms with Crippen molar-refractivity contribution in [3.63, 3.8) is 0 Å². The first-order valence-corrected chi connectivity index (χ1v) is 11.3. The fraction of sp³-hybridized carbons (Fsp3) is 0.167. The molecule has 1 aromatic heterocycles. The summed E-state index contributed by atoms with van der Waals surface area (Å²) in [5, 5.41) is 16.3. The molecule has 0 spiro atoms. The number of fused-ring (bicyclic) bond motifs is 1. The summed E-state index contributed by atoms with van der Waals surface area (Å²) >= 11 is 1.24. The van der Waals surface area contributed by atoms with Crippen LogP contribution in [0.2, 0.25) is 0 Å². The number of nitrogens with two attached hydrogens (primary N) is 1. The minimum Gasteiger partial charge on any atom is -0.336 e. The maximum Gasteiger partial charge on any atom is 0.237 e. The van der Waals surface area contributed by atoms with E-state index in [0.717, 1.165) is 16.3 Å². The first kappa shape index (κ1) is 22.3. The predicted octanol–water partition coefficient (Wildman–Crippen LogP) is 3.81. The minimum atomic E-state index is -0.447. The van der Waals surface area contributed by atoms with E-state index < -0.39 is 5.25 Å². The molecule has 1 atom stereocenters. The molecule has 4 rings (SSSR count). The summed E-state index contributed by atoms with van der Waals surface area (Å²) in [6, 6.07) is 21.2. The molecule has 4 N–H and O–H groups in total. The van der Waals surface area contributed by atoms with Gasteiger partial charge in [-0.05, 0) is 47.5 Å². The summed E-state index contributed by atoms with van der Waals surface area (Å²) in [7, 11) is 0. The number of nitrogens with one attached hydrogen (secondary N) is 2. The highest BCUT2D eigenvalue weighted by atomic mass is 32.2. The van der Waals surface area contributed by atoms with Crippen LogP contribution in [0, 0.1) is 0 Å². The van der Waals surface area contributed by atoms with Crippen LogP contribution in [0.15, 0.2) is 71.9 Å². The number of amides is 2. The van der Waals surface area contributed by atoms with Crippen LogP contribution < -0.4 is 16.5 Å². The molecule has 3 aromatic carbocycles. The van der Waals surface area contributed by atoms with Gasteiger partial charge in [-0.25, -0.2) is 4.68 Å². The molecule has 0 saturated carbocycles. The van der Waals surface area contributed by atoms with Gasteiger partial charge in [0.2, 0.25) is 17.0 Å². The zero-order valence-corrected chi connectivity index (χ0v) is 19.1. The molecule has 0 aliphatic heterocycles. The quantitative estimate of drug-likeness (QED) is 0.285. The zero-order chi connectivity index (χ0) is 23.4. The summed E-state index contributed by atoms with van der Waals surface area (Å²) in [6.45, 7) is 3.23. The second-order valence-electron chi connectivity index (χ2n) is 7.59. The molecule has 1 unspecified atom stereocenters. The van der Waals surface area contributed by atoms with Crippen LogP contribution in [-0.4, -0.2) is 31.9 Å². The molecule has 4 aromatic rings. The Morgan fingerprint density at radius 3 is 2.36 bits per heavy atom. The Morgan fingerprint density at radius 1 is 0.970 bits per heavy atom. The topological polar surface area (TPSA) is 115 Å². The summed E-state index contributed by atoms with van der Waals surface area (Å²) in [6.07, 6.45) is 0.534. The monoisotopic (exact) mass is 460 g/mol. The molecular formula is C24H24N6O2S. The summed E-state index contributed by atoms with van der Waals surface area (Å²) in [5.41, 5.74) is 2.41. The molecule has 2 amide bonds. The third-order valence-electron chi connectivity index (χ3n) is 5.09. The number of nitrogens with zero attached hydrogens (tertiary/aromatic N) is 3. The normalized spacial score (nSPS) is 11.8. The van der Waals surface area contributed by atoms with E-state index in [4.69, 9.17) is 5.84 Å². The van der Waals surface area contributed by atoms with Crippen molar-refractivity contribution in [2.75, 3.05) is 16.5 Å². The number of nitrogen functional groups attached to an aromatic ring is 1. The SMILES string of the molecule is CC(=O)Nc1ccc(NC(=O)C(C)Sc2nnc(Cc3cccc4ccccc34)n2N)cc1. The van der Waals surface area contributed by atoms with E-state index in [-0.39, 0.29) is 11.8 Å². The van der Waals surface area contributed by atoms with Gasteiger partial charge in [0.25, 0.3) is 0 Å². The Kier molecular flexibility index (Phi) is 6.60. The van der Waals surface area contributed by atoms with Crippen LogP contribution in [-0.2, 0) is 16.0 Å². The van der Waals surface area contributed by atoms with Crippen LogP contribution in [0.1, 0.15) is 25.2 Å². The van der Waals surface area contributed by atoms with E-state index >= 15 is 0 Å². The lowest BCUT2D eigenvalue weighted by Crippen LogP contribution is -2.24. The van der Waals surface area contributed by atoms with E-state index in [1.807, 2.05) is 18.2 Å². The van der Waals surface area contributed by atoms with Gasteiger partial charge in [0.1, 0.15) is 0 Å². The van der Waals surface area contributed by atoms with Crippen LogP contribution >= 0.6 is 11.8 Å². The smallest absolute Gasteiger partial charge is 0.237 e. The third kappa shape index (κ3) is 5.32. The van der Waals surface area contributed by atoms with Gasteiger partial charge in [-0.1, -0.05) is 54.2 Å². The maximum atomic E-state index is 12.6. The molecule has 0 aliphatic carbocycles. The standard InChI is InChI=1S/C24H24N6O2S/c1-15(23(32)27-20-12-10-19(11-13-20)26-16(2)31)33-24-29-28-22(30(24)25)14-18-8-5-7-17-6-3-4-9-21(17)18/h3-13,15H,14,25H2,1-2H3,(H,26,31)(H,27,32). The average Bonchev–Trinajstić information content (AvgIpc) is 3.14. The first-order valence-electron chi connectivity index (χ1n) is 10.4. The number of hydrogen-bond donors (Lipinski definition) is 3. The Bertz CT molecular complexity index is 1300. The molecule has 0 aliphatic rings. The van der Waals surface area contributed by atoms with Crippen molar-refractivity contribution in [1.82, 2.24) is 14.9 Å². The second-order valence-corrected chi connectivity index (χ2v) is 8.90. The molecule has 8 nitrogen and oxygen atoms in total. The highest BCUT2D eigenvalue weighted by molar-refractivity contribution is 8.00. The van der Waals surface area contributed by atoms with Crippen molar-refractivity contribution >= 4 is 45.7 Å². The lowest BCUT2D eigenvalue weighted by atomic mass is 10.0. The predicted molar refractivity (Wildman–Crippen MR) is 132 cm³/mol. The number of hydrogen-bond acceptors (Lipinski definition) is 6. The van der Waals surface area contributed by atoms with Crippen LogP contribution in [0.5, 0.6) is 0 Å². The Hall–Kier alpha value is -3.85. The molecule has 1 heterocycles. The van der Waals surface area contributed by atoms with Crippen molar-refractivity contribution in [2.45, 2.75) is 30.7 Å². The number of anilines is 2. The van der Waals surface area contributed by atoms with E-state index in [1.165, 1.54) is 23.4 Å². The number of aromatic nitrogens is 3. The van der Waals surface area contributed by atoms with Crippen LogP contribution in [0.3, 0.4) is 0 Å².